The number of alkyl halides is 3. The fourth-order valence-corrected chi connectivity index (χ4v) is 5.97. The molecule has 0 aliphatic heterocycles. The molecule has 41 heavy (non-hydrogen) atoms. The second-order valence-electron chi connectivity index (χ2n) is 13.2. The third-order valence-corrected chi connectivity index (χ3v) is 10.7. The zero-order valence-corrected chi connectivity index (χ0v) is 27.1. The number of hydrogen-bond donors (Lipinski definition) is 2. The molecule has 0 unspecified atom stereocenters. The molecule has 0 saturated heterocycles. The lowest BCUT2D eigenvalue weighted by molar-refractivity contribution is -0.227. The Morgan fingerprint density at radius 1 is 1.24 bits per heavy atom. The molecule has 8 nitrogen and oxygen atoms in total. The van der Waals surface area contributed by atoms with Crippen LogP contribution in [0.1, 0.15) is 70.9 Å². The predicted octanol–water partition coefficient (Wildman–Crippen LogP) is 6.10. The van der Waals surface area contributed by atoms with Crippen molar-refractivity contribution in [2.45, 2.75) is 115 Å². The van der Waals surface area contributed by atoms with Crippen molar-refractivity contribution >= 4 is 30.1 Å². The van der Waals surface area contributed by atoms with Gasteiger partial charge in [-0.05, 0) is 71.2 Å². The summed E-state index contributed by atoms with van der Waals surface area (Å²) < 4.78 is 69.2. The van der Waals surface area contributed by atoms with Gasteiger partial charge in [0.15, 0.2) is 6.10 Å². The average molecular weight is 616 g/mol. The van der Waals surface area contributed by atoms with Crippen molar-refractivity contribution < 1.29 is 26.9 Å². The summed E-state index contributed by atoms with van der Waals surface area (Å²) in [5.41, 5.74) is 7.94. The SMILES string of the molecule is C[C@@H](O[C@H](C)C(F)(F)F)[C@H](N[S@](=O)C(C)(C)C)c1nc2ccc([C@H](N)C3(C#N)CC3)cc2n1COCC[Si](C)(C)C. The van der Waals surface area contributed by atoms with Crippen molar-refractivity contribution in [2.24, 2.45) is 11.1 Å². The summed E-state index contributed by atoms with van der Waals surface area (Å²) in [4.78, 5) is 4.79. The van der Waals surface area contributed by atoms with Crippen molar-refractivity contribution in [3.05, 3.63) is 29.6 Å². The number of nitrogens with one attached hydrogen (secondary N) is 1. The Balaban J connectivity index is 2.10. The number of nitrogens with zero attached hydrogens (tertiary/aromatic N) is 3. The highest BCUT2D eigenvalue weighted by atomic mass is 32.2. The summed E-state index contributed by atoms with van der Waals surface area (Å²) in [6.07, 6.45) is -6.20. The molecule has 0 bridgehead atoms. The van der Waals surface area contributed by atoms with E-state index < -0.39 is 59.7 Å². The van der Waals surface area contributed by atoms with E-state index in [1.165, 1.54) is 6.92 Å². The zero-order valence-electron chi connectivity index (χ0n) is 25.3. The Kier molecular flexibility index (Phi) is 10.2. The van der Waals surface area contributed by atoms with E-state index >= 15 is 0 Å². The van der Waals surface area contributed by atoms with Crippen LogP contribution in [0.25, 0.3) is 11.0 Å². The van der Waals surface area contributed by atoms with Crippen LogP contribution in [-0.2, 0) is 27.2 Å². The third-order valence-electron chi connectivity index (χ3n) is 7.40. The average Bonchev–Trinajstić information content (AvgIpc) is 3.58. The number of hydrogen-bond acceptors (Lipinski definition) is 6. The minimum absolute atomic E-state index is 0.0836. The molecule has 0 radical (unpaired) electrons. The number of ether oxygens (including phenoxy) is 2. The minimum Gasteiger partial charge on any atom is -0.364 e. The third kappa shape index (κ3) is 8.39. The number of benzene rings is 1. The van der Waals surface area contributed by atoms with Gasteiger partial charge in [-0.3, -0.25) is 0 Å². The van der Waals surface area contributed by atoms with E-state index in [1.807, 2.05) is 12.1 Å². The Bertz CT molecular complexity index is 1280. The molecule has 1 aliphatic carbocycles. The smallest absolute Gasteiger partial charge is 0.364 e. The van der Waals surface area contributed by atoms with Crippen LogP contribution in [0.2, 0.25) is 25.7 Å². The molecular formula is C28H44F3N5O3SSi. The molecule has 1 aromatic heterocycles. The molecule has 1 aromatic carbocycles. The van der Waals surface area contributed by atoms with Crippen molar-refractivity contribution in [1.29, 1.82) is 5.26 Å². The summed E-state index contributed by atoms with van der Waals surface area (Å²) in [5, 5.41) is 9.69. The molecule has 1 fully saturated rings. The molecule has 13 heteroatoms. The standard InChI is InChI=1S/C28H44F3N5O3SSi/c1-18(39-19(2)28(29,30)31)23(35-40(37)26(3,4)5)25-34-21-10-9-20(24(33)27(16-32)11-12-27)15-22(21)36(25)17-38-13-14-41(6,7)8/h9-10,15,18-19,23-24,35H,11-14,17,33H2,1-8H3/t18-,19-,23+,24+,40-/m1/s1. The second kappa shape index (κ2) is 12.4. The predicted molar refractivity (Wildman–Crippen MR) is 158 cm³/mol. The van der Waals surface area contributed by atoms with Crippen LogP contribution in [0, 0.1) is 16.7 Å². The Morgan fingerprint density at radius 3 is 2.39 bits per heavy atom. The molecule has 5 atom stereocenters. The van der Waals surface area contributed by atoms with Crippen molar-refractivity contribution in [3.63, 3.8) is 0 Å². The highest BCUT2D eigenvalue weighted by molar-refractivity contribution is 7.84. The van der Waals surface area contributed by atoms with Gasteiger partial charge < -0.3 is 19.8 Å². The van der Waals surface area contributed by atoms with Gasteiger partial charge in [0, 0.05) is 20.7 Å². The molecule has 1 aliphatic rings. The monoisotopic (exact) mass is 615 g/mol. The fraction of sp³-hybridized carbons (Fsp3) is 0.714. The molecule has 1 heterocycles. The first-order valence-electron chi connectivity index (χ1n) is 13.9. The van der Waals surface area contributed by atoms with Crippen molar-refractivity contribution in [1.82, 2.24) is 14.3 Å². The largest absolute Gasteiger partial charge is 0.414 e. The topological polar surface area (TPSA) is 115 Å². The first-order chi connectivity index (χ1) is 18.8. The number of rotatable bonds is 13. The summed E-state index contributed by atoms with van der Waals surface area (Å²) in [7, 11) is -3.03. The molecule has 230 valence electrons. The summed E-state index contributed by atoms with van der Waals surface area (Å²) in [6, 6.07) is 7.32. The lowest BCUT2D eigenvalue weighted by atomic mass is 9.92. The van der Waals surface area contributed by atoms with Crippen LogP contribution in [-0.4, -0.2) is 51.6 Å². The lowest BCUT2D eigenvalue weighted by Crippen LogP contribution is -2.43. The van der Waals surface area contributed by atoms with Crippen LogP contribution >= 0.6 is 0 Å². The maximum atomic E-state index is 13.4. The number of nitrogens with two attached hydrogens (primary N) is 1. The van der Waals surface area contributed by atoms with Gasteiger partial charge in [0.05, 0.1) is 44.4 Å². The van der Waals surface area contributed by atoms with Gasteiger partial charge >= 0.3 is 6.18 Å². The summed E-state index contributed by atoms with van der Waals surface area (Å²) >= 11 is 0. The Morgan fingerprint density at radius 2 is 1.88 bits per heavy atom. The van der Waals surface area contributed by atoms with Gasteiger partial charge in [-0.25, -0.2) is 13.9 Å². The van der Waals surface area contributed by atoms with E-state index in [-0.39, 0.29) is 6.73 Å². The number of halogens is 3. The Labute approximate surface area is 244 Å². The van der Waals surface area contributed by atoms with Gasteiger partial charge in [0.2, 0.25) is 0 Å². The van der Waals surface area contributed by atoms with E-state index in [0.717, 1.165) is 31.4 Å². The minimum atomic E-state index is -4.56. The molecular weight excluding hydrogens is 571 g/mol. The first kappa shape index (κ1) is 33.7. The maximum Gasteiger partial charge on any atom is 0.414 e. The molecule has 1 saturated carbocycles. The van der Waals surface area contributed by atoms with Crippen LogP contribution < -0.4 is 10.5 Å². The maximum absolute atomic E-state index is 13.4. The van der Waals surface area contributed by atoms with E-state index in [2.05, 4.69) is 30.4 Å². The molecule has 3 rings (SSSR count). The number of fused-ring (bicyclic) bond motifs is 1. The van der Waals surface area contributed by atoms with Crippen LogP contribution in [0.4, 0.5) is 13.2 Å². The Hall–Kier alpha value is -1.82. The molecule has 0 amide bonds. The highest BCUT2D eigenvalue weighted by Crippen LogP contribution is 2.53. The quantitative estimate of drug-likeness (QED) is 0.208. The summed E-state index contributed by atoms with van der Waals surface area (Å²) in [6.45, 7) is 15.1. The van der Waals surface area contributed by atoms with Crippen molar-refractivity contribution in [2.75, 3.05) is 6.61 Å². The normalized spacial score (nSPS) is 19.4. The number of aromatic nitrogens is 2. The van der Waals surface area contributed by atoms with Crippen LogP contribution in [0.5, 0.6) is 0 Å². The van der Waals surface area contributed by atoms with E-state index in [0.29, 0.717) is 23.5 Å². The highest BCUT2D eigenvalue weighted by Gasteiger charge is 2.49. The molecule has 2 aromatic rings. The second-order valence-corrected chi connectivity index (χ2v) is 20.9. The first-order valence-corrected chi connectivity index (χ1v) is 18.8. The van der Waals surface area contributed by atoms with Gasteiger partial charge in [-0.1, -0.05) is 25.7 Å². The van der Waals surface area contributed by atoms with Crippen molar-refractivity contribution in [3.8, 4) is 6.07 Å². The zero-order chi connectivity index (χ0) is 31.0. The lowest BCUT2D eigenvalue weighted by Gasteiger charge is -2.30. The number of imidazole rings is 1. The molecule has 0 spiro atoms. The van der Waals surface area contributed by atoms with E-state index in [9.17, 15) is 22.6 Å². The van der Waals surface area contributed by atoms with E-state index in [1.54, 1.807) is 31.4 Å². The van der Waals surface area contributed by atoms with Gasteiger partial charge in [0.1, 0.15) is 18.6 Å². The van der Waals surface area contributed by atoms with E-state index in [4.69, 9.17) is 20.2 Å². The van der Waals surface area contributed by atoms with Gasteiger partial charge in [-0.2, -0.15) is 18.4 Å². The molecule has 3 N–H and O–H groups in total. The fourth-order valence-electron chi connectivity index (χ4n) is 4.33. The van der Waals surface area contributed by atoms with Gasteiger partial charge in [-0.15, -0.1) is 0 Å². The summed E-state index contributed by atoms with van der Waals surface area (Å²) in [5.74, 6) is 0.347. The van der Waals surface area contributed by atoms with Crippen LogP contribution in [0.3, 0.4) is 0 Å². The van der Waals surface area contributed by atoms with Crippen LogP contribution in [0.15, 0.2) is 18.2 Å². The number of nitriles is 1. The van der Waals surface area contributed by atoms with Gasteiger partial charge in [0.25, 0.3) is 0 Å².